The summed E-state index contributed by atoms with van der Waals surface area (Å²) < 4.78 is 3.51. The van der Waals surface area contributed by atoms with Crippen LogP contribution < -0.4 is 5.73 Å². The van der Waals surface area contributed by atoms with Crippen molar-refractivity contribution in [2.75, 3.05) is 5.73 Å². The summed E-state index contributed by atoms with van der Waals surface area (Å²) in [5.74, 6) is 0.502. The van der Waals surface area contributed by atoms with Crippen molar-refractivity contribution >= 4 is 17.4 Å². The Morgan fingerprint density at radius 2 is 2.13 bits per heavy atom. The van der Waals surface area contributed by atoms with Crippen LogP contribution in [0.3, 0.4) is 0 Å². The molecule has 0 aromatic carbocycles. The smallest absolute Gasteiger partial charge is 0.145 e. The Morgan fingerprint density at radius 3 is 2.60 bits per heavy atom. The van der Waals surface area contributed by atoms with E-state index in [4.69, 9.17) is 17.3 Å². The van der Waals surface area contributed by atoms with Crippen LogP contribution in [-0.4, -0.2) is 19.6 Å². The Balaban J connectivity index is 2.28. The number of nitrogens with two attached hydrogens (primary N) is 1. The first-order chi connectivity index (χ1) is 7.08. The van der Waals surface area contributed by atoms with Crippen molar-refractivity contribution in [3.05, 3.63) is 28.7 Å². The van der Waals surface area contributed by atoms with Gasteiger partial charge in [0.05, 0.1) is 16.4 Å². The number of halogens is 1. The fourth-order valence-electron chi connectivity index (χ4n) is 1.41. The van der Waals surface area contributed by atoms with E-state index in [1.54, 1.807) is 21.6 Å². The third kappa shape index (κ3) is 1.83. The molecule has 2 rings (SSSR count). The van der Waals surface area contributed by atoms with Gasteiger partial charge in [0, 0.05) is 12.3 Å². The zero-order valence-electron chi connectivity index (χ0n) is 8.61. The first kappa shape index (κ1) is 10.0. The van der Waals surface area contributed by atoms with E-state index in [1.165, 1.54) is 0 Å². The normalized spacial score (nSPS) is 10.9. The van der Waals surface area contributed by atoms with Gasteiger partial charge in [0.1, 0.15) is 12.5 Å². The lowest BCUT2D eigenvalue weighted by atomic mass is 10.4. The molecule has 0 radical (unpaired) electrons. The van der Waals surface area contributed by atoms with Crippen molar-refractivity contribution < 1.29 is 0 Å². The van der Waals surface area contributed by atoms with Gasteiger partial charge in [-0.3, -0.25) is 0 Å². The lowest BCUT2D eigenvalue weighted by Gasteiger charge is -2.03. The Bertz CT molecular complexity index is 485. The van der Waals surface area contributed by atoms with Crippen LogP contribution in [-0.2, 0) is 6.67 Å². The van der Waals surface area contributed by atoms with Crippen LogP contribution in [0.25, 0.3) is 0 Å². The van der Waals surface area contributed by atoms with Gasteiger partial charge in [-0.1, -0.05) is 11.6 Å². The highest BCUT2D eigenvalue weighted by Gasteiger charge is 2.09. The monoisotopic (exact) mass is 225 g/mol. The molecule has 0 aliphatic heterocycles. The van der Waals surface area contributed by atoms with Gasteiger partial charge in [-0.05, 0) is 13.8 Å². The molecule has 5 nitrogen and oxygen atoms in total. The van der Waals surface area contributed by atoms with E-state index in [0.29, 0.717) is 17.5 Å². The number of rotatable bonds is 2. The largest absolute Gasteiger partial charge is 0.382 e. The van der Waals surface area contributed by atoms with E-state index in [9.17, 15) is 0 Å². The standard InChI is InChI=1S/C9H12ClN5/c1-6-9(10)7(2)15(12-6)5-14-4-3-8(11)13-14/h3-4H,5H2,1-2H3,(H2,11,13). The number of aryl methyl sites for hydroxylation is 1. The Morgan fingerprint density at radius 1 is 1.40 bits per heavy atom. The number of anilines is 1. The fraction of sp³-hybridized carbons (Fsp3) is 0.333. The van der Waals surface area contributed by atoms with Crippen LogP contribution in [0.1, 0.15) is 11.4 Å². The highest BCUT2D eigenvalue weighted by atomic mass is 35.5. The second kappa shape index (κ2) is 3.58. The minimum Gasteiger partial charge on any atom is -0.382 e. The molecule has 0 bridgehead atoms. The van der Waals surface area contributed by atoms with Crippen LogP contribution in [0, 0.1) is 13.8 Å². The third-order valence-electron chi connectivity index (χ3n) is 2.23. The topological polar surface area (TPSA) is 61.7 Å². The molecule has 0 aliphatic carbocycles. The number of hydrogen-bond donors (Lipinski definition) is 1. The van der Waals surface area contributed by atoms with Crippen molar-refractivity contribution in [1.82, 2.24) is 19.6 Å². The van der Waals surface area contributed by atoms with E-state index < -0.39 is 0 Å². The van der Waals surface area contributed by atoms with Crippen molar-refractivity contribution in [2.45, 2.75) is 20.5 Å². The summed E-state index contributed by atoms with van der Waals surface area (Å²) >= 11 is 6.03. The van der Waals surface area contributed by atoms with Crippen molar-refractivity contribution in [3.63, 3.8) is 0 Å². The molecule has 0 fully saturated rings. The average molecular weight is 226 g/mol. The van der Waals surface area contributed by atoms with Gasteiger partial charge in [-0.2, -0.15) is 10.2 Å². The maximum absolute atomic E-state index is 6.03. The van der Waals surface area contributed by atoms with Crippen LogP contribution in [0.2, 0.25) is 5.02 Å². The Hall–Kier alpha value is -1.49. The molecule has 0 saturated carbocycles. The van der Waals surface area contributed by atoms with Crippen molar-refractivity contribution in [2.24, 2.45) is 0 Å². The lowest BCUT2D eigenvalue weighted by Crippen LogP contribution is -2.11. The number of hydrogen-bond acceptors (Lipinski definition) is 3. The molecule has 2 aromatic heterocycles. The van der Waals surface area contributed by atoms with Gasteiger partial charge >= 0.3 is 0 Å². The number of nitrogen functional groups attached to an aromatic ring is 1. The summed E-state index contributed by atoms with van der Waals surface area (Å²) in [6, 6.07) is 1.74. The first-order valence-electron chi connectivity index (χ1n) is 4.56. The van der Waals surface area contributed by atoms with Crippen LogP contribution >= 0.6 is 11.6 Å². The van der Waals surface area contributed by atoms with Crippen LogP contribution in [0.4, 0.5) is 5.82 Å². The van der Waals surface area contributed by atoms with Gasteiger partial charge < -0.3 is 5.73 Å². The minimum absolute atomic E-state index is 0.502. The summed E-state index contributed by atoms with van der Waals surface area (Å²) in [7, 11) is 0. The molecule has 0 saturated heterocycles. The Kier molecular flexibility index (Phi) is 2.40. The van der Waals surface area contributed by atoms with E-state index in [2.05, 4.69) is 10.2 Å². The molecule has 0 aliphatic rings. The van der Waals surface area contributed by atoms with Gasteiger partial charge in [0.25, 0.3) is 0 Å². The maximum atomic E-state index is 6.03. The Labute approximate surface area is 92.4 Å². The minimum atomic E-state index is 0.502. The highest BCUT2D eigenvalue weighted by molar-refractivity contribution is 6.31. The summed E-state index contributed by atoms with van der Waals surface area (Å²) in [5, 5.41) is 9.08. The van der Waals surface area contributed by atoms with Crippen molar-refractivity contribution in [1.29, 1.82) is 0 Å². The highest BCUT2D eigenvalue weighted by Crippen LogP contribution is 2.18. The van der Waals surface area contributed by atoms with E-state index in [1.807, 2.05) is 13.8 Å². The molecule has 2 aromatic rings. The summed E-state index contributed by atoms with van der Waals surface area (Å²) in [6.45, 7) is 4.33. The van der Waals surface area contributed by atoms with E-state index >= 15 is 0 Å². The number of aromatic nitrogens is 4. The maximum Gasteiger partial charge on any atom is 0.145 e. The molecular formula is C9H12ClN5. The van der Waals surface area contributed by atoms with Crippen LogP contribution in [0.15, 0.2) is 12.3 Å². The predicted molar refractivity (Wildman–Crippen MR) is 58.7 cm³/mol. The molecule has 15 heavy (non-hydrogen) atoms. The molecular weight excluding hydrogens is 214 g/mol. The second-order valence-electron chi connectivity index (χ2n) is 3.41. The van der Waals surface area contributed by atoms with Gasteiger partial charge in [0.15, 0.2) is 0 Å². The molecule has 80 valence electrons. The first-order valence-corrected chi connectivity index (χ1v) is 4.94. The van der Waals surface area contributed by atoms with Crippen molar-refractivity contribution in [3.8, 4) is 0 Å². The molecule has 0 spiro atoms. The molecule has 2 N–H and O–H groups in total. The second-order valence-corrected chi connectivity index (χ2v) is 3.78. The molecule has 0 amide bonds. The summed E-state index contributed by atoms with van der Waals surface area (Å²) in [5.41, 5.74) is 7.28. The fourth-order valence-corrected chi connectivity index (χ4v) is 1.54. The molecule has 0 unspecified atom stereocenters. The van der Waals surface area contributed by atoms with Gasteiger partial charge in [-0.25, -0.2) is 9.36 Å². The van der Waals surface area contributed by atoms with Gasteiger partial charge in [0.2, 0.25) is 0 Å². The summed E-state index contributed by atoms with van der Waals surface area (Å²) in [4.78, 5) is 0. The average Bonchev–Trinajstić information content (AvgIpc) is 2.68. The van der Waals surface area contributed by atoms with Crippen LogP contribution in [0.5, 0.6) is 0 Å². The van der Waals surface area contributed by atoms with Gasteiger partial charge in [-0.15, -0.1) is 0 Å². The third-order valence-corrected chi connectivity index (χ3v) is 2.78. The molecule has 0 atom stereocenters. The SMILES string of the molecule is Cc1nn(Cn2ccc(N)n2)c(C)c1Cl. The molecule has 6 heteroatoms. The zero-order chi connectivity index (χ0) is 11.0. The zero-order valence-corrected chi connectivity index (χ0v) is 9.36. The number of nitrogens with zero attached hydrogens (tertiary/aromatic N) is 4. The molecule has 2 heterocycles. The van der Waals surface area contributed by atoms with E-state index in [-0.39, 0.29) is 0 Å². The van der Waals surface area contributed by atoms with E-state index in [0.717, 1.165) is 11.4 Å². The lowest BCUT2D eigenvalue weighted by molar-refractivity contribution is 0.493. The summed E-state index contributed by atoms with van der Waals surface area (Å²) in [6.07, 6.45) is 1.81. The quantitative estimate of drug-likeness (QED) is 0.841. The predicted octanol–water partition coefficient (Wildman–Crippen LogP) is 1.44.